The van der Waals surface area contributed by atoms with E-state index in [-0.39, 0.29) is 13.2 Å². The van der Waals surface area contributed by atoms with Crippen LogP contribution >= 0.6 is 23.2 Å². The molecule has 0 saturated carbocycles. The number of nitrogens with one attached hydrogen (secondary N) is 2. The van der Waals surface area contributed by atoms with Crippen molar-refractivity contribution in [1.82, 2.24) is 10.9 Å². The van der Waals surface area contributed by atoms with Crippen LogP contribution in [0.3, 0.4) is 0 Å². The summed E-state index contributed by atoms with van der Waals surface area (Å²) in [6.07, 6.45) is 3.02. The molecule has 0 aromatic heterocycles. The van der Waals surface area contributed by atoms with Crippen molar-refractivity contribution in [1.29, 1.82) is 0 Å². The Morgan fingerprint density at radius 1 is 0.684 bits per heavy atom. The van der Waals surface area contributed by atoms with Crippen molar-refractivity contribution in [2.75, 3.05) is 13.2 Å². The summed E-state index contributed by atoms with van der Waals surface area (Å²) in [6, 6.07) is 14.3. The van der Waals surface area contributed by atoms with Gasteiger partial charge in [0.2, 0.25) is 0 Å². The van der Waals surface area contributed by atoms with E-state index in [1.54, 1.807) is 48.5 Å². The molecule has 0 aliphatic heterocycles. The Labute approximate surface area is 231 Å². The minimum Gasteiger partial charge on any atom is -0.484 e. The number of rotatable bonds is 10. The van der Waals surface area contributed by atoms with Crippen molar-refractivity contribution >= 4 is 47.4 Å². The van der Waals surface area contributed by atoms with Gasteiger partial charge in [-0.2, -0.15) is 10.2 Å². The highest BCUT2D eigenvalue weighted by molar-refractivity contribution is 6.32. The quantitative estimate of drug-likeness (QED) is 0.262. The predicted molar refractivity (Wildman–Crippen MR) is 151 cm³/mol. The van der Waals surface area contributed by atoms with E-state index in [0.29, 0.717) is 21.5 Å². The lowest BCUT2D eigenvalue weighted by molar-refractivity contribution is -0.123. The van der Waals surface area contributed by atoms with Crippen molar-refractivity contribution in [3.8, 4) is 11.5 Å². The number of hydrogen-bond acceptors (Lipinski definition) is 6. The highest BCUT2D eigenvalue weighted by atomic mass is 35.5. The first-order valence-electron chi connectivity index (χ1n) is 11.7. The molecule has 0 aliphatic rings. The number of carbonyl (C=O) groups is 2. The number of halogens is 2. The van der Waals surface area contributed by atoms with Crippen LogP contribution in [-0.4, -0.2) is 37.5 Å². The van der Waals surface area contributed by atoms with Crippen LogP contribution in [0.15, 0.2) is 58.7 Å². The molecule has 0 bridgehead atoms. The molecule has 0 heterocycles. The van der Waals surface area contributed by atoms with Crippen molar-refractivity contribution in [3.05, 3.63) is 92.0 Å². The van der Waals surface area contributed by atoms with Gasteiger partial charge in [0, 0.05) is 10.0 Å². The number of benzene rings is 3. The van der Waals surface area contributed by atoms with Gasteiger partial charge in [-0.05, 0) is 85.3 Å². The number of carbonyl (C=O) groups excluding carboxylic acids is 2. The third kappa shape index (κ3) is 8.61. The fourth-order valence-corrected chi connectivity index (χ4v) is 3.59. The summed E-state index contributed by atoms with van der Waals surface area (Å²) in [5.74, 6) is 0.347. The molecule has 3 rings (SSSR count). The number of aryl methyl sites for hydroxylation is 4. The molecule has 10 heteroatoms. The van der Waals surface area contributed by atoms with Gasteiger partial charge < -0.3 is 9.47 Å². The summed E-state index contributed by atoms with van der Waals surface area (Å²) in [5.41, 5.74) is 9.89. The van der Waals surface area contributed by atoms with Crippen molar-refractivity contribution < 1.29 is 19.1 Å². The first-order valence-corrected chi connectivity index (χ1v) is 12.4. The molecule has 3 aromatic carbocycles. The molecule has 0 spiro atoms. The third-order valence-electron chi connectivity index (χ3n) is 5.30. The number of amides is 2. The first-order chi connectivity index (χ1) is 18.1. The van der Waals surface area contributed by atoms with Crippen LogP contribution in [0.2, 0.25) is 10.0 Å². The van der Waals surface area contributed by atoms with E-state index in [0.717, 1.165) is 33.4 Å². The molecular formula is C28H28Cl2N4O4. The first kappa shape index (κ1) is 28.7. The van der Waals surface area contributed by atoms with Crippen molar-refractivity contribution in [2.24, 2.45) is 10.2 Å². The molecule has 0 fully saturated rings. The maximum absolute atomic E-state index is 12.0. The van der Waals surface area contributed by atoms with Gasteiger partial charge >= 0.3 is 0 Å². The summed E-state index contributed by atoms with van der Waals surface area (Å²) in [6.45, 7) is 7.15. The zero-order valence-corrected chi connectivity index (χ0v) is 23.0. The van der Waals surface area contributed by atoms with E-state index < -0.39 is 11.8 Å². The van der Waals surface area contributed by atoms with Gasteiger partial charge in [-0.25, -0.2) is 10.9 Å². The van der Waals surface area contributed by atoms with Crippen LogP contribution in [-0.2, 0) is 9.59 Å². The van der Waals surface area contributed by atoms with E-state index in [2.05, 4.69) is 21.1 Å². The second kappa shape index (κ2) is 13.6. The van der Waals surface area contributed by atoms with Crippen LogP contribution in [0.4, 0.5) is 0 Å². The summed E-state index contributed by atoms with van der Waals surface area (Å²) in [7, 11) is 0. The molecule has 3 aromatic rings. The third-order valence-corrected chi connectivity index (χ3v) is 6.49. The second-order valence-corrected chi connectivity index (χ2v) is 9.33. The van der Waals surface area contributed by atoms with E-state index >= 15 is 0 Å². The normalized spacial score (nSPS) is 11.1. The lowest BCUT2D eigenvalue weighted by Crippen LogP contribution is -2.24. The highest BCUT2D eigenvalue weighted by Gasteiger charge is 2.07. The SMILES string of the molecule is Cc1cc(OCC(=O)N/N=C/c2ccc(/C=N/NC(=O)COc3cc(C)c(Cl)c(C)c3)cc2)cc(C)c1Cl. The van der Waals surface area contributed by atoms with E-state index in [1.165, 1.54) is 12.4 Å². The molecule has 8 nitrogen and oxygen atoms in total. The Morgan fingerprint density at radius 2 is 1.00 bits per heavy atom. The molecule has 0 saturated heterocycles. The fraction of sp³-hybridized carbons (Fsp3) is 0.214. The van der Waals surface area contributed by atoms with Gasteiger partial charge in [-0.3, -0.25) is 9.59 Å². The topological polar surface area (TPSA) is 101 Å². The summed E-state index contributed by atoms with van der Waals surface area (Å²) >= 11 is 12.3. The Hall–Kier alpha value is -3.88. The standard InChI is InChI=1S/C28H28Cl2N4O4/c1-17-9-23(10-18(2)27(17)29)37-15-25(35)33-31-13-21-5-7-22(8-6-21)14-32-34-26(36)16-38-24-11-19(3)28(30)20(4)12-24/h5-14H,15-16H2,1-4H3,(H,33,35)(H,34,36)/b31-13+,32-14+. The molecule has 38 heavy (non-hydrogen) atoms. The average Bonchev–Trinajstić information content (AvgIpc) is 2.88. The second-order valence-electron chi connectivity index (χ2n) is 8.57. The molecule has 0 unspecified atom stereocenters. The van der Waals surface area contributed by atoms with E-state index in [9.17, 15) is 9.59 Å². The fourth-order valence-electron chi connectivity index (χ4n) is 3.37. The number of hydrogen-bond donors (Lipinski definition) is 2. The van der Waals surface area contributed by atoms with Gasteiger partial charge in [0.1, 0.15) is 11.5 Å². The van der Waals surface area contributed by atoms with Crippen molar-refractivity contribution in [3.63, 3.8) is 0 Å². The van der Waals surface area contributed by atoms with Gasteiger partial charge in [-0.15, -0.1) is 0 Å². The Balaban J connectivity index is 1.40. The molecule has 2 N–H and O–H groups in total. The predicted octanol–water partition coefficient (Wildman–Crippen LogP) is 5.29. The zero-order valence-electron chi connectivity index (χ0n) is 21.5. The monoisotopic (exact) mass is 554 g/mol. The van der Waals surface area contributed by atoms with E-state index in [1.807, 2.05) is 27.7 Å². The molecule has 2 amide bonds. The number of nitrogens with zero attached hydrogens (tertiary/aromatic N) is 2. The largest absolute Gasteiger partial charge is 0.484 e. The molecule has 0 radical (unpaired) electrons. The smallest absolute Gasteiger partial charge is 0.277 e. The van der Waals surface area contributed by atoms with Gasteiger partial charge in [0.15, 0.2) is 13.2 Å². The average molecular weight is 555 g/mol. The Bertz CT molecular complexity index is 1220. The van der Waals surface area contributed by atoms with Gasteiger partial charge in [-0.1, -0.05) is 47.5 Å². The lowest BCUT2D eigenvalue weighted by atomic mass is 10.1. The summed E-state index contributed by atoms with van der Waals surface area (Å²) in [4.78, 5) is 24.0. The van der Waals surface area contributed by atoms with Crippen LogP contribution in [0, 0.1) is 27.7 Å². The number of hydrazone groups is 2. The zero-order chi connectivity index (χ0) is 27.7. The Kier molecular flexibility index (Phi) is 10.3. The lowest BCUT2D eigenvalue weighted by Gasteiger charge is -2.09. The van der Waals surface area contributed by atoms with Crippen LogP contribution in [0.25, 0.3) is 0 Å². The maximum atomic E-state index is 12.0. The highest BCUT2D eigenvalue weighted by Crippen LogP contribution is 2.26. The molecular weight excluding hydrogens is 527 g/mol. The minimum atomic E-state index is -0.392. The van der Waals surface area contributed by atoms with Gasteiger partial charge in [0.25, 0.3) is 11.8 Å². The Morgan fingerprint density at radius 3 is 1.32 bits per heavy atom. The van der Waals surface area contributed by atoms with E-state index in [4.69, 9.17) is 32.7 Å². The maximum Gasteiger partial charge on any atom is 0.277 e. The van der Waals surface area contributed by atoms with Gasteiger partial charge in [0.05, 0.1) is 12.4 Å². The molecule has 0 atom stereocenters. The van der Waals surface area contributed by atoms with Crippen molar-refractivity contribution in [2.45, 2.75) is 27.7 Å². The van der Waals surface area contributed by atoms with Crippen LogP contribution in [0.5, 0.6) is 11.5 Å². The molecule has 0 aliphatic carbocycles. The van der Waals surface area contributed by atoms with Crippen LogP contribution in [0.1, 0.15) is 33.4 Å². The minimum absolute atomic E-state index is 0.178. The number of ether oxygens (including phenoxy) is 2. The summed E-state index contributed by atoms with van der Waals surface area (Å²) < 4.78 is 11.0. The summed E-state index contributed by atoms with van der Waals surface area (Å²) in [5, 5.41) is 9.24. The van der Waals surface area contributed by atoms with Crippen LogP contribution < -0.4 is 20.3 Å². The molecule has 198 valence electrons.